The summed E-state index contributed by atoms with van der Waals surface area (Å²) in [4.78, 5) is 5.29. The molecule has 0 spiro atoms. The molecule has 3 aliphatic heterocycles. The molecule has 3 nitrogen and oxygen atoms in total. The van der Waals surface area contributed by atoms with Crippen molar-refractivity contribution in [1.29, 1.82) is 0 Å². The zero-order valence-electron chi connectivity index (χ0n) is 15.0. The van der Waals surface area contributed by atoms with Crippen LogP contribution in [0.4, 0.5) is 5.69 Å². The Balaban J connectivity index is 1.35. The number of piperidine rings is 1. The first kappa shape index (κ1) is 16.7. The van der Waals surface area contributed by atoms with Crippen molar-refractivity contribution in [2.45, 2.75) is 51.2 Å². The van der Waals surface area contributed by atoms with E-state index in [-0.39, 0.29) is 0 Å². The first-order valence-corrected chi connectivity index (χ1v) is 10.8. The highest BCUT2D eigenvalue weighted by Gasteiger charge is 2.31. The Hall–Kier alpha value is -0.710. The molecule has 0 bridgehead atoms. The molecule has 24 heavy (non-hydrogen) atoms. The summed E-state index contributed by atoms with van der Waals surface area (Å²) in [6.45, 7) is 8.48. The summed E-state index contributed by atoms with van der Waals surface area (Å²) in [5, 5.41) is 3.85. The lowest BCUT2D eigenvalue weighted by Crippen LogP contribution is -2.42. The van der Waals surface area contributed by atoms with Crippen molar-refractivity contribution in [3.8, 4) is 0 Å². The van der Waals surface area contributed by atoms with Crippen LogP contribution in [0.1, 0.15) is 36.8 Å². The minimum atomic E-state index is 0.660. The smallest absolute Gasteiger partial charge is 0.0372 e. The number of benzene rings is 1. The number of nitrogens with zero attached hydrogens (tertiary/aromatic N) is 2. The van der Waals surface area contributed by atoms with Gasteiger partial charge in [0.25, 0.3) is 0 Å². The fraction of sp³-hybridized carbons (Fsp3) is 0.700. The van der Waals surface area contributed by atoms with E-state index in [1.807, 2.05) is 0 Å². The van der Waals surface area contributed by atoms with Crippen LogP contribution < -0.4 is 5.32 Å². The van der Waals surface area contributed by atoms with E-state index in [1.54, 1.807) is 0 Å². The third-order valence-electron chi connectivity index (χ3n) is 5.98. The molecule has 1 aromatic carbocycles. The zero-order chi connectivity index (χ0) is 16.4. The van der Waals surface area contributed by atoms with E-state index in [0.29, 0.717) is 6.04 Å². The predicted molar refractivity (Wildman–Crippen MR) is 105 cm³/mol. The minimum absolute atomic E-state index is 0.660. The number of hydrogen-bond donors (Lipinski definition) is 1. The first-order chi connectivity index (χ1) is 11.8. The van der Waals surface area contributed by atoms with Gasteiger partial charge in [0.05, 0.1) is 0 Å². The van der Waals surface area contributed by atoms with Gasteiger partial charge in [0.1, 0.15) is 0 Å². The van der Waals surface area contributed by atoms with Crippen molar-refractivity contribution >= 4 is 17.4 Å². The van der Waals surface area contributed by atoms with Gasteiger partial charge in [-0.05, 0) is 56.3 Å². The lowest BCUT2D eigenvalue weighted by atomic mass is 9.97. The van der Waals surface area contributed by atoms with Gasteiger partial charge in [0.15, 0.2) is 0 Å². The number of nitrogens with one attached hydrogen (secondary N) is 1. The highest BCUT2D eigenvalue weighted by molar-refractivity contribution is 7.99. The second kappa shape index (κ2) is 7.67. The van der Waals surface area contributed by atoms with Gasteiger partial charge in [0.2, 0.25) is 0 Å². The largest absolute Gasteiger partial charge is 0.382 e. The van der Waals surface area contributed by atoms with Gasteiger partial charge in [-0.1, -0.05) is 12.1 Å². The zero-order valence-corrected chi connectivity index (χ0v) is 15.8. The first-order valence-electron chi connectivity index (χ1n) is 9.68. The Morgan fingerprint density at radius 2 is 2.00 bits per heavy atom. The van der Waals surface area contributed by atoms with Gasteiger partial charge >= 0.3 is 0 Å². The van der Waals surface area contributed by atoms with E-state index in [0.717, 1.165) is 12.6 Å². The SMILES string of the molecule is Cc1cc(CN2CCSCC2)ccc1N[C@@H]1CCN2CCC[C@H]2C1. The van der Waals surface area contributed by atoms with E-state index in [1.165, 1.54) is 80.2 Å². The summed E-state index contributed by atoms with van der Waals surface area (Å²) in [6, 6.07) is 8.56. The van der Waals surface area contributed by atoms with Crippen molar-refractivity contribution < 1.29 is 0 Å². The van der Waals surface area contributed by atoms with Crippen LogP contribution in [0, 0.1) is 6.92 Å². The third kappa shape index (κ3) is 3.92. The summed E-state index contributed by atoms with van der Waals surface area (Å²) < 4.78 is 0. The van der Waals surface area contributed by atoms with Gasteiger partial charge in [-0.3, -0.25) is 4.90 Å². The van der Waals surface area contributed by atoms with E-state index in [2.05, 4.69) is 52.0 Å². The molecule has 132 valence electrons. The average molecular weight is 346 g/mol. The Kier molecular flexibility index (Phi) is 5.35. The summed E-state index contributed by atoms with van der Waals surface area (Å²) >= 11 is 2.09. The normalized spacial score (nSPS) is 28.7. The maximum absolute atomic E-state index is 3.85. The second-order valence-electron chi connectivity index (χ2n) is 7.74. The van der Waals surface area contributed by atoms with Gasteiger partial charge in [-0.25, -0.2) is 0 Å². The van der Waals surface area contributed by atoms with E-state index >= 15 is 0 Å². The molecular formula is C20H31N3S. The molecule has 1 N–H and O–H groups in total. The third-order valence-corrected chi connectivity index (χ3v) is 6.92. The monoisotopic (exact) mass is 345 g/mol. The molecule has 3 fully saturated rings. The molecule has 0 radical (unpaired) electrons. The van der Waals surface area contributed by atoms with Crippen LogP contribution in [0.5, 0.6) is 0 Å². The Morgan fingerprint density at radius 1 is 1.12 bits per heavy atom. The lowest BCUT2D eigenvalue weighted by molar-refractivity contribution is 0.188. The lowest BCUT2D eigenvalue weighted by Gasteiger charge is -2.36. The fourth-order valence-corrected chi connectivity index (χ4v) is 5.56. The molecule has 4 rings (SSSR count). The fourth-order valence-electron chi connectivity index (χ4n) is 4.58. The topological polar surface area (TPSA) is 18.5 Å². The Labute approximate surface area is 151 Å². The molecule has 0 aromatic heterocycles. The molecule has 0 amide bonds. The van der Waals surface area contributed by atoms with Crippen LogP contribution >= 0.6 is 11.8 Å². The van der Waals surface area contributed by atoms with Crippen molar-refractivity contribution in [2.75, 3.05) is 43.0 Å². The van der Waals surface area contributed by atoms with Crippen molar-refractivity contribution in [1.82, 2.24) is 9.80 Å². The van der Waals surface area contributed by atoms with Crippen LogP contribution in [-0.2, 0) is 6.54 Å². The number of hydrogen-bond acceptors (Lipinski definition) is 4. The quantitative estimate of drug-likeness (QED) is 0.898. The maximum Gasteiger partial charge on any atom is 0.0372 e. The van der Waals surface area contributed by atoms with Gasteiger partial charge < -0.3 is 10.2 Å². The average Bonchev–Trinajstić information content (AvgIpc) is 3.06. The molecule has 3 heterocycles. The molecule has 1 aromatic rings. The van der Waals surface area contributed by atoms with Crippen LogP contribution in [0.3, 0.4) is 0 Å². The van der Waals surface area contributed by atoms with Crippen molar-refractivity contribution in [3.63, 3.8) is 0 Å². The van der Waals surface area contributed by atoms with Crippen LogP contribution in [0.2, 0.25) is 0 Å². The van der Waals surface area contributed by atoms with Crippen LogP contribution in [0.15, 0.2) is 18.2 Å². The molecule has 3 saturated heterocycles. The van der Waals surface area contributed by atoms with E-state index < -0.39 is 0 Å². The second-order valence-corrected chi connectivity index (χ2v) is 8.96. The summed E-state index contributed by atoms with van der Waals surface area (Å²) in [7, 11) is 0. The number of anilines is 1. The Morgan fingerprint density at radius 3 is 2.83 bits per heavy atom. The summed E-state index contributed by atoms with van der Waals surface area (Å²) in [5.74, 6) is 2.58. The molecule has 4 heteroatoms. The predicted octanol–water partition coefficient (Wildman–Crippen LogP) is 3.58. The van der Waals surface area contributed by atoms with Gasteiger partial charge in [0, 0.05) is 55.5 Å². The minimum Gasteiger partial charge on any atom is -0.382 e. The highest BCUT2D eigenvalue weighted by Crippen LogP contribution is 2.29. The number of fused-ring (bicyclic) bond motifs is 1. The van der Waals surface area contributed by atoms with Crippen molar-refractivity contribution in [2.24, 2.45) is 0 Å². The Bertz CT molecular complexity index is 556. The number of thioether (sulfide) groups is 1. The van der Waals surface area contributed by atoms with Crippen LogP contribution in [-0.4, -0.2) is 59.6 Å². The molecule has 0 aliphatic carbocycles. The van der Waals surface area contributed by atoms with Crippen LogP contribution in [0.25, 0.3) is 0 Å². The van der Waals surface area contributed by atoms with E-state index in [4.69, 9.17) is 0 Å². The van der Waals surface area contributed by atoms with Gasteiger partial charge in [-0.2, -0.15) is 11.8 Å². The molecular weight excluding hydrogens is 314 g/mol. The molecule has 0 saturated carbocycles. The highest BCUT2D eigenvalue weighted by atomic mass is 32.2. The summed E-state index contributed by atoms with van der Waals surface area (Å²) in [6.07, 6.45) is 5.43. The molecule has 2 atom stereocenters. The van der Waals surface area contributed by atoms with E-state index in [9.17, 15) is 0 Å². The maximum atomic E-state index is 3.85. The number of aryl methyl sites for hydroxylation is 1. The molecule has 0 unspecified atom stereocenters. The standard InChI is InChI=1S/C20H31N3S/c1-16-13-17(15-22-9-11-24-12-10-22)4-5-20(16)21-18-6-8-23-7-2-3-19(23)14-18/h4-5,13,18-19,21H,2-3,6-12,14-15H2,1H3/t18-,19+/m1/s1. The van der Waals surface area contributed by atoms with Crippen molar-refractivity contribution in [3.05, 3.63) is 29.3 Å². The van der Waals surface area contributed by atoms with Gasteiger partial charge in [-0.15, -0.1) is 0 Å². The number of rotatable bonds is 4. The summed E-state index contributed by atoms with van der Waals surface area (Å²) in [5.41, 5.74) is 4.23. The molecule has 3 aliphatic rings.